The predicted octanol–water partition coefficient (Wildman–Crippen LogP) is 6.00. The molecule has 3 aromatic rings. The van der Waals surface area contributed by atoms with Gasteiger partial charge in [-0.1, -0.05) is 80.6 Å². The fraction of sp³-hybridized carbons (Fsp3) is 0.214. The van der Waals surface area contributed by atoms with E-state index in [9.17, 15) is 9.59 Å². The lowest BCUT2D eigenvalue weighted by Crippen LogP contribution is -2.43. The van der Waals surface area contributed by atoms with E-state index in [4.69, 9.17) is 0 Å². The summed E-state index contributed by atoms with van der Waals surface area (Å²) in [5.74, 6) is -0.439. The minimum Gasteiger partial charge on any atom is -0.357 e. The van der Waals surface area contributed by atoms with E-state index in [0.29, 0.717) is 12.0 Å². The number of ketones is 1. The van der Waals surface area contributed by atoms with Crippen LogP contribution >= 0.6 is 0 Å². The van der Waals surface area contributed by atoms with Crippen molar-refractivity contribution in [3.05, 3.63) is 108 Å². The summed E-state index contributed by atoms with van der Waals surface area (Å²) >= 11 is 0. The maximum atomic E-state index is 14.0. The van der Waals surface area contributed by atoms with Crippen molar-refractivity contribution in [2.75, 3.05) is 10.2 Å². The van der Waals surface area contributed by atoms with Crippen molar-refractivity contribution in [1.29, 1.82) is 0 Å². The van der Waals surface area contributed by atoms with Gasteiger partial charge in [-0.3, -0.25) is 14.5 Å². The Bertz CT molecular complexity index is 1200. The van der Waals surface area contributed by atoms with Gasteiger partial charge in [0.15, 0.2) is 0 Å². The molecule has 2 unspecified atom stereocenters. The number of fused-ring (bicyclic) bond motifs is 2. The second-order valence-corrected chi connectivity index (χ2v) is 9.25. The average Bonchev–Trinajstić information content (AvgIpc) is 2.93. The van der Waals surface area contributed by atoms with Gasteiger partial charge < -0.3 is 5.32 Å². The zero-order valence-corrected chi connectivity index (χ0v) is 18.3. The summed E-state index contributed by atoms with van der Waals surface area (Å²) in [6.45, 7) is 4.16. The Morgan fingerprint density at radius 1 is 0.906 bits per heavy atom. The lowest BCUT2D eigenvalue weighted by Gasteiger charge is -2.39. The zero-order chi connectivity index (χ0) is 22.3. The summed E-state index contributed by atoms with van der Waals surface area (Å²) in [4.78, 5) is 29.4. The first-order valence-electron chi connectivity index (χ1n) is 11.0. The Kier molecular flexibility index (Phi) is 4.93. The number of Topliss-reactive ketones (excluding diaryl/α,β-unsaturated/α-hetero) is 1. The number of rotatable bonds is 2. The van der Waals surface area contributed by atoms with Crippen molar-refractivity contribution in [2.24, 2.45) is 11.3 Å². The molecule has 1 amide bonds. The standard InChI is InChI=1S/C28H26N2O2/c1-28(2)17-22-25(24(31)18-28)26(19-11-5-3-6-12-19)30(23-16-10-9-15-21(23)29-22)27(32)20-13-7-4-8-14-20/h3-17,25-26,29H,18H2,1-2H3. The molecule has 0 spiro atoms. The number of hydrogen-bond acceptors (Lipinski definition) is 3. The minimum absolute atomic E-state index is 0.118. The van der Waals surface area contributed by atoms with E-state index in [1.807, 2.05) is 89.8 Å². The molecule has 0 saturated carbocycles. The normalized spacial score (nSPS) is 21.5. The molecule has 0 radical (unpaired) electrons. The molecule has 32 heavy (non-hydrogen) atoms. The fourth-order valence-corrected chi connectivity index (χ4v) is 4.95. The Morgan fingerprint density at radius 3 is 2.25 bits per heavy atom. The molecule has 0 fully saturated rings. The van der Waals surface area contributed by atoms with E-state index >= 15 is 0 Å². The van der Waals surface area contributed by atoms with Crippen LogP contribution in [0.15, 0.2) is 96.7 Å². The molecule has 4 heteroatoms. The number of benzene rings is 3. The highest BCUT2D eigenvalue weighted by Crippen LogP contribution is 2.48. The monoisotopic (exact) mass is 422 g/mol. The van der Waals surface area contributed by atoms with Gasteiger partial charge in [0.2, 0.25) is 0 Å². The molecular formula is C28H26N2O2. The minimum atomic E-state index is -0.467. The van der Waals surface area contributed by atoms with Gasteiger partial charge in [-0.05, 0) is 35.2 Å². The lowest BCUT2D eigenvalue weighted by atomic mass is 9.72. The third-order valence-corrected chi connectivity index (χ3v) is 6.28. The van der Waals surface area contributed by atoms with E-state index in [1.54, 1.807) is 0 Å². The molecule has 0 aromatic heterocycles. The molecule has 2 aliphatic rings. The van der Waals surface area contributed by atoms with Gasteiger partial charge in [-0.15, -0.1) is 0 Å². The van der Waals surface area contributed by atoms with Crippen LogP contribution in [-0.2, 0) is 4.79 Å². The highest BCUT2D eigenvalue weighted by molar-refractivity contribution is 6.09. The first-order valence-corrected chi connectivity index (χ1v) is 11.0. The molecule has 0 bridgehead atoms. The molecule has 4 nitrogen and oxygen atoms in total. The number of hydrogen-bond donors (Lipinski definition) is 1. The van der Waals surface area contributed by atoms with Crippen LogP contribution in [0, 0.1) is 11.3 Å². The first-order chi connectivity index (χ1) is 15.4. The van der Waals surface area contributed by atoms with Crippen molar-refractivity contribution < 1.29 is 9.59 Å². The Morgan fingerprint density at radius 2 is 1.53 bits per heavy atom. The first kappa shape index (κ1) is 20.3. The molecule has 2 atom stereocenters. The van der Waals surface area contributed by atoms with Crippen molar-refractivity contribution in [3.63, 3.8) is 0 Å². The highest BCUT2D eigenvalue weighted by atomic mass is 16.2. The zero-order valence-electron chi connectivity index (χ0n) is 18.3. The molecule has 1 heterocycles. The van der Waals surface area contributed by atoms with Gasteiger partial charge in [0.1, 0.15) is 5.78 Å². The van der Waals surface area contributed by atoms with Crippen LogP contribution in [0.1, 0.15) is 42.2 Å². The second-order valence-electron chi connectivity index (χ2n) is 9.25. The number of amides is 1. The van der Waals surface area contributed by atoms with Crippen molar-refractivity contribution in [3.8, 4) is 0 Å². The van der Waals surface area contributed by atoms with Gasteiger partial charge in [-0.2, -0.15) is 0 Å². The number of para-hydroxylation sites is 2. The quantitative estimate of drug-likeness (QED) is 0.551. The number of carbonyl (C=O) groups is 2. The summed E-state index contributed by atoms with van der Waals surface area (Å²) in [5, 5.41) is 3.53. The SMILES string of the molecule is CC1(C)C=C2Nc3ccccc3N(C(=O)c3ccccc3)C(c3ccccc3)C2C(=O)C1. The maximum Gasteiger partial charge on any atom is 0.258 e. The van der Waals surface area contributed by atoms with Gasteiger partial charge in [0.25, 0.3) is 5.91 Å². The molecule has 160 valence electrons. The van der Waals surface area contributed by atoms with Gasteiger partial charge in [-0.25, -0.2) is 0 Å². The van der Waals surface area contributed by atoms with E-state index < -0.39 is 12.0 Å². The summed E-state index contributed by atoms with van der Waals surface area (Å²) in [6.07, 6.45) is 2.61. The average molecular weight is 423 g/mol. The van der Waals surface area contributed by atoms with Gasteiger partial charge in [0, 0.05) is 17.7 Å². The van der Waals surface area contributed by atoms with Crippen molar-refractivity contribution >= 4 is 23.1 Å². The fourth-order valence-electron chi connectivity index (χ4n) is 4.95. The maximum absolute atomic E-state index is 14.0. The molecule has 1 N–H and O–H groups in total. The van der Waals surface area contributed by atoms with E-state index in [1.165, 1.54) is 0 Å². The van der Waals surface area contributed by atoms with Crippen LogP contribution in [0.2, 0.25) is 0 Å². The molecule has 0 saturated heterocycles. The topological polar surface area (TPSA) is 49.4 Å². The van der Waals surface area contributed by atoms with E-state index in [2.05, 4.69) is 25.2 Å². The number of carbonyl (C=O) groups excluding carboxylic acids is 2. The van der Waals surface area contributed by atoms with E-state index in [-0.39, 0.29) is 17.1 Å². The molecule has 3 aromatic carbocycles. The van der Waals surface area contributed by atoms with Gasteiger partial charge >= 0.3 is 0 Å². The van der Waals surface area contributed by atoms with Gasteiger partial charge in [0.05, 0.1) is 23.3 Å². The number of nitrogens with zero attached hydrogens (tertiary/aromatic N) is 1. The van der Waals surface area contributed by atoms with Crippen LogP contribution in [0.4, 0.5) is 11.4 Å². The summed E-state index contributed by atoms with van der Waals surface area (Å²) in [7, 11) is 0. The van der Waals surface area contributed by atoms with Crippen LogP contribution in [0.3, 0.4) is 0 Å². The Hall–Kier alpha value is -3.66. The third kappa shape index (κ3) is 3.52. The summed E-state index contributed by atoms with van der Waals surface area (Å²) in [6, 6.07) is 26.5. The molecule has 1 aliphatic heterocycles. The van der Waals surface area contributed by atoms with Crippen molar-refractivity contribution in [1.82, 2.24) is 0 Å². The van der Waals surface area contributed by atoms with E-state index in [0.717, 1.165) is 22.6 Å². The second kappa shape index (κ2) is 7.79. The Balaban J connectivity index is 1.78. The smallest absolute Gasteiger partial charge is 0.258 e. The van der Waals surface area contributed by atoms with Crippen LogP contribution in [-0.4, -0.2) is 11.7 Å². The van der Waals surface area contributed by atoms with Crippen LogP contribution < -0.4 is 10.2 Å². The summed E-state index contributed by atoms with van der Waals surface area (Å²) in [5.41, 5.74) is 3.77. The number of anilines is 2. The molecule has 5 rings (SSSR count). The lowest BCUT2D eigenvalue weighted by molar-refractivity contribution is -0.124. The number of allylic oxidation sites excluding steroid dienone is 1. The highest BCUT2D eigenvalue weighted by Gasteiger charge is 2.46. The summed E-state index contributed by atoms with van der Waals surface area (Å²) < 4.78 is 0. The van der Waals surface area contributed by atoms with Crippen LogP contribution in [0.5, 0.6) is 0 Å². The predicted molar refractivity (Wildman–Crippen MR) is 127 cm³/mol. The Labute approximate surface area is 188 Å². The van der Waals surface area contributed by atoms with Crippen LogP contribution in [0.25, 0.3) is 0 Å². The largest absolute Gasteiger partial charge is 0.357 e. The molecule has 1 aliphatic carbocycles. The van der Waals surface area contributed by atoms with Crippen molar-refractivity contribution in [2.45, 2.75) is 26.3 Å². The number of nitrogens with one attached hydrogen (secondary N) is 1. The third-order valence-electron chi connectivity index (χ3n) is 6.28. The molecular weight excluding hydrogens is 396 g/mol.